The molecule has 0 aliphatic rings. The highest BCUT2D eigenvalue weighted by Gasteiger charge is 2.09. The first-order valence-corrected chi connectivity index (χ1v) is 8.81. The number of nitrogens with zero attached hydrogens (tertiary/aromatic N) is 3. The molecule has 0 amide bonds. The summed E-state index contributed by atoms with van der Waals surface area (Å²) in [5, 5.41) is 11.5. The second-order valence-electron chi connectivity index (χ2n) is 3.81. The number of rotatable bonds is 6. The third kappa shape index (κ3) is 3.92. The summed E-state index contributed by atoms with van der Waals surface area (Å²) in [6.07, 6.45) is 4.94. The Labute approximate surface area is 125 Å². The van der Waals surface area contributed by atoms with Gasteiger partial charge in [0, 0.05) is 17.1 Å². The Kier molecular flexibility index (Phi) is 5.62. The molecule has 1 atom stereocenters. The molecule has 0 fully saturated rings. The second-order valence-corrected chi connectivity index (χ2v) is 7.16. The van der Waals surface area contributed by atoms with Gasteiger partial charge in [0.25, 0.3) is 0 Å². The van der Waals surface area contributed by atoms with E-state index in [1.165, 1.54) is 0 Å². The molecule has 1 N–H and O–H groups in total. The maximum atomic E-state index is 4.51. The number of hydrogen-bond acceptors (Lipinski definition) is 7. The molecule has 102 valence electrons. The van der Waals surface area contributed by atoms with Crippen LogP contribution < -0.4 is 5.32 Å². The molecular formula is C12H16N4S3. The topological polar surface area (TPSA) is 50.7 Å². The summed E-state index contributed by atoms with van der Waals surface area (Å²) in [5.74, 6) is 0. The van der Waals surface area contributed by atoms with Crippen LogP contribution in [0.5, 0.6) is 0 Å². The van der Waals surface area contributed by atoms with Crippen LogP contribution in [0.3, 0.4) is 0 Å². The fraction of sp³-hybridized carbons (Fsp3) is 0.417. The van der Waals surface area contributed by atoms with Crippen LogP contribution in [-0.2, 0) is 0 Å². The molecule has 0 aromatic carbocycles. The number of pyridine rings is 1. The quantitative estimate of drug-likeness (QED) is 0.824. The monoisotopic (exact) mass is 312 g/mol. The standard InChI is InChI=1S/C12H16N4S3/c1-4-9(13-2)10-6-5-8(7-14-10)18-12-16-15-11(17-3)19-12/h5-7,9,13H,4H2,1-3H3. The predicted octanol–water partition coefficient (Wildman–Crippen LogP) is 3.48. The van der Waals surface area contributed by atoms with Gasteiger partial charge in [-0.05, 0) is 31.9 Å². The normalized spacial score (nSPS) is 12.6. The lowest BCUT2D eigenvalue weighted by atomic mass is 10.1. The minimum Gasteiger partial charge on any atom is -0.312 e. The Morgan fingerprint density at radius 3 is 2.63 bits per heavy atom. The van der Waals surface area contributed by atoms with E-state index in [0.29, 0.717) is 6.04 Å². The van der Waals surface area contributed by atoms with E-state index >= 15 is 0 Å². The second kappa shape index (κ2) is 7.23. The zero-order valence-electron chi connectivity index (χ0n) is 11.1. The lowest BCUT2D eigenvalue weighted by molar-refractivity contribution is 0.561. The minimum absolute atomic E-state index is 0.323. The van der Waals surface area contributed by atoms with Crippen LogP contribution in [0.1, 0.15) is 25.1 Å². The number of hydrogen-bond donors (Lipinski definition) is 1. The molecule has 0 saturated carbocycles. The number of aromatic nitrogens is 3. The Hall–Kier alpha value is -0.630. The van der Waals surface area contributed by atoms with Crippen LogP contribution in [0.25, 0.3) is 0 Å². The maximum absolute atomic E-state index is 4.51. The van der Waals surface area contributed by atoms with E-state index in [0.717, 1.165) is 25.7 Å². The SMILES string of the molecule is CCC(NC)c1ccc(Sc2nnc(SC)s2)cn1. The minimum atomic E-state index is 0.323. The fourth-order valence-electron chi connectivity index (χ4n) is 1.64. The first-order chi connectivity index (χ1) is 9.26. The molecule has 0 aliphatic heterocycles. The first kappa shape index (κ1) is 14.8. The van der Waals surface area contributed by atoms with Crippen molar-refractivity contribution in [2.24, 2.45) is 0 Å². The van der Waals surface area contributed by atoms with Gasteiger partial charge < -0.3 is 5.32 Å². The molecule has 4 nitrogen and oxygen atoms in total. The van der Waals surface area contributed by atoms with Gasteiger partial charge in [-0.1, -0.05) is 41.8 Å². The van der Waals surface area contributed by atoms with Crippen molar-refractivity contribution in [1.82, 2.24) is 20.5 Å². The van der Waals surface area contributed by atoms with E-state index in [-0.39, 0.29) is 0 Å². The van der Waals surface area contributed by atoms with Gasteiger partial charge in [-0.25, -0.2) is 0 Å². The molecule has 0 spiro atoms. The van der Waals surface area contributed by atoms with E-state index in [2.05, 4.69) is 39.6 Å². The highest BCUT2D eigenvalue weighted by atomic mass is 32.2. The highest BCUT2D eigenvalue weighted by Crippen LogP contribution is 2.32. The molecule has 7 heteroatoms. The van der Waals surface area contributed by atoms with Crippen LogP contribution in [0.4, 0.5) is 0 Å². The average molecular weight is 312 g/mol. The average Bonchev–Trinajstić information content (AvgIpc) is 2.90. The first-order valence-electron chi connectivity index (χ1n) is 5.95. The molecule has 0 aliphatic carbocycles. The van der Waals surface area contributed by atoms with Crippen LogP contribution in [0, 0.1) is 0 Å². The lowest BCUT2D eigenvalue weighted by Gasteiger charge is -2.12. The lowest BCUT2D eigenvalue weighted by Crippen LogP contribution is -2.16. The molecule has 0 radical (unpaired) electrons. The molecule has 19 heavy (non-hydrogen) atoms. The van der Waals surface area contributed by atoms with Crippen molar-refractivity contribution in [2.45, 2.75) is 33.0 Å². The summed E-state index contributed by atoms with van der Waals surface area (Å²) in [6, 6.07) is 4.49. The summed E-state index contributed by atoms with van der Waals surface area (Å²) in [4.78, 5) is 5.61. The summed E-state index contributed by atoms with van der Waals surface area (Å²) >= 11 is 4.84. The van der Waals surface area contributed by atoms with Crippen molar-refractivity contribution in [1.29, 1.82) is 0 Å². The molecule has 2 aromatic rings. The highest BCUT2D eigenvalue weighted by molar-refractivity contribution is 8.03. The van der Waals surface area contributed by atoms with Crippen molar-refractivity contribution in [2.75, 3.05) is 13.3 Å². The molecule has 1 unspecified atom stereocenters. The van der Waals surface area contributed by atoms with E-state index in [4.69, 9.17) is 0 Å². The van der Waals surface area contributed by atoms with Gasteiger partial charge in [-0.2, -0.15) is 0 Å². The van der Waals surface area contributed by atoms with E-state index in [9.17, 15) is 0 Å². The third-order valence-corrected chi connectivity index (χ3v) is 5.57. The van der Waals surface area contributed by atoms with E-state index < -0.39 is 0 Å². The van der Waals surface area contributed by atoms with Crippen molar-refractivity contribution in [3.63, 3.8) is 0 Å². The van der Waals surface area contributed by atoms with Crippen molar-refractivity contribution < 1.29 is 0 Å². The van der Waals surface area contributed by atoms with Gasteiger partial charge >= 0.3 is 0 Å². The maximum Gasteiger partial charge on any atom is 0.179 e. The van der Waals surface area contributed by atoms with Gasteiger partial charge in [-0.3, -0.25) is 4.98 Å². The smallest absolute Gasteiger partial charge is 0.179 e. The summed E-state index contributed by atoms with van der Waals surface area (Å²) in [6.45, 7) is 2.15. The molecule has 2 aromatic heterocycles. The summed E-state index contributed by atoms with van der Waals surface area (Å²) in [7, 11) is 1.96. The van der Waals surface area contributed by atoms with Gasteiger partial charge in [0.1, 0.15) is 0 Å². The molecular weight excluding hydrogens is 296 g/mol. The van der Waals surface area contributed by atoms with E-state index in [1.807, 2.05) is 19.5 Å². The number of thioether (sulfide) groups is 1. The van der Waals surface area contributed by atoms with Crippen LogP contribution in [0.2, 0.25) is 0 Å². The summed E-state index contributed by atoms with van der Waals surface area (Å²) < 4.78 is 1.95. The van der Waals surface area contributed by atoms with Gasteiger partial charge in [0.2, 0.25) is 0 Å². The molecule has 0 bridgehead atoms. The molecule has 2 heterocycles. The Morgan fingerprint density at radius 2 is 2.11 bits per heavy atom. The summed E-state index contributed by atoms with van der Waals surface area (Å²) in [5.41, 5.74) is 1.08. The zero-order chi connectivity index (χ0) is 13.7. The Bertz CT molecular complexity index is 508. The van der Waals surface area contributed by atoms with Crippen molar-refractivity contribution >= 4 is 34.9 Å². The predicted molar refractivity (Wildman–Crippen MR) is 82.1 cm³/mol. The van der Waals surface area contributed by atoms with Crippen molar-refractivity contribution in [3.8, 4) is 0 Å². The number of nitrogens with one attached hydrogen (secondary N) is 1. The molecule has 2 rings (SSSR count). The van der Waals surface area contributed by atoms with Gasteiger partial charge in [0.05, 0.1) is 5.69 Å². The van der Waals surface area contributed by atoms with Crippen LogP contribution in [0.15, 0.2) is 31.9 Å². The van der Waals surface area contributed by atoms with Crippen LogP contribution >= 0.6 is 34.9 Å². The zero-order valence-corrected chi connectivity index (χ0v) is 13.5. The van der Waals surface area contributed by atoms with Gasteiger partial charge in [0.15, 0.2) is 8.68 Å². The third-order valence-electron chi connectivity index (χ3n) is 2.64. The Balaban J connectivity index is 2.06. The van der Waals surface area contributed by atoms with Crippen molar-refractivity contribution in [3.05, 3.63) is 24.0 Å². The van der Waals surface area contributed by atoms with E-state index in [1.54, 1.807) is 34.9 Å². The van der Waals surface area contributed by atoms with Crippen LogP contribution in [-0.4, -0.2) is 28.5 Å². The Morgan fingerprint density at radius 1 is 1.32 bits per heavy atom. The molecule has 0 saturated heterocycles. The fourth-order valence-corrected chi connectivity index (χ4v) is 4.02. The van der Waals surface area contributed by atoms with Gasteiger partial charge in [-0.15, -0.1) is 10.2 Å². The largest absolute Gasteiger partial charge is 0.312 e.